The monoisotopic (exact) mass is 300 g/mol. The molecule has 0 radical (unpaired) electrons. The van der Waals surface area contributed by atoms with E-state index in [9.17, 15) is 14.4 Å². The number of hydrogen-bond acceptors (Lipinski definition) is 6. The lowest BCUT2D eigenvalue weighted by atomic mass is 10.2. The summed E-state index contributed by atoms with van der Waals surface area (Å²) in [5.74, 6) is -1.11. The Morgan fingerprint density at radius 3 is 2.55 bits per heavy atom. The molecule has 9 heteroatoms. The van der Waals surface area contributed by atoms with Crippen LogP contribution in [0.2, 0.25) is 0 Å². The highest BCUT2D eigenvalue weighted by Gasteiger charge is 2.16. The van der Waals surface area contributed by atoms with Gasteiger partial charge in [-0.2, -0.15) is 0 Å². The maximum Gasteiger partial charge on any atom is 0.408 e. The van der Waals surface area contributed by atoms with E-state index in [4.69, 9.17) is 4.74 Å². The Balaban J connectivity index is 2.24. The SMILES string of the molecule is CC(C)(C)OC(=O)NCC(=O)NNC(=O)c1cscn1. The molecular weight excluding hydrogens is 284 g/mol. The van der Waals surface area contributed by atoms with Crippen LogP contribution in [-0.4, -0.2) is 35.0 Å². The second kappa shape index (κ2) is 6.85. The fourth-order valence-electron chi connectivity index (χ4n) is 1.03. The van der Waals surface area contributed by atoms with E-state index in [-0.39, 0.29) is 12.2 Å². The minimum Gasteiger partial charge on any atom is -0.444 e. The number of amides is 3. The van der Waals surface area contributed by atoms with Crippen LogP contribution in [0.5, 0.6) is 0 Å². The number of hydrazine groups is 1. The van der Waals surface area contributed by atoms with Gasteiger partial charge in [-0.1, -0.05) is 0 Å². The molecule has 1 heterocycles. The summed E-state index contributed by atoms with van der Waals surface area (Å²) in [6.07, 6.45) is -0.710. The van der Waals surface area contributed by atoms with E-state index < -0.39 is 23.5 Å². The van der Waals surface area contributed by atoms with E-state index in [1.807, 2.05) is 0 Å². The summed E-state index contributed by atoms with van der Waals surface area (Å²) in [4.78, 5) is 37.9. The summed E-state index contributed by atoms with van der Waals surface area (Å²) >= 11 is 1.26. The molecule has 0 unspecified atom stereocenters. The van der Waals surface area contributed by atoms with Crippen molar-refractivity contribution in [1.29, 1.82) is 0 Å². The van der Waals surface area contributed by atoms with Gasteiger partial charge in [-0.05, 0) is 20.8 Å². The molecule has 0 fully saturated rings. The van der Waals surface area contributed by atoms with Crippen LogP contribution in [0.15, 0.2) is 10.9 Å². The molecule has 20 heavy (non-hydrogen) atoms. The van der Waals surface area contributed by atoms with Crippen LogP contribution in [0.25, 0.3) is 0 Å². The molecule has 3 amide bonds. The van der Waals surface area contributed by atoms with Crippen LogP contribution >= 0.6 is 11.3 Å². The normalized spacial score (nSPS) is 10.6. The first-order chi connectivity index (χ1) is 9.28. The number of rotatable bonds is 3. The molecule has 1 aromatic rings. The average molecular weight is 300 g/mol. The predicted molar refractivity (Wildman–Crippen MR) is 72.0 cm³/mol. The number of nitrogens with one attached hydrogen (secondary N) is 3. The largest absolute Gasteiger partial charge is 0.444 e. The molecule has 110 valence electrons. The Hall–Kier alpha value is -2.16. The highest BCUT2D eigenvalue weighted by atomic mass is 32.1. The van der Waals surface area contributed by atoms with Gasteiger partial charge in [-0.15, -0.1) is 11.3 Å². The second-order valence-electron chi connectivity index (χ2n) is 4.73. The van der Waals surface area contributed by atoms with Crippen molar-refractivity contribution in [2.24, 2.45) is 0 Å². The van der Waals surface area contributed by atoms with Crippen molar-refractivity contribution in [2.45, 2.75) is 26.4 Å². The van der Waals surface area contributed by atoms with Gasteiger partial charge in [0.25, 0.3) is 11.8 Å². The number of alkyl carbamates (subject to hydrolysis) is 1. The molecule has 0 saturated heterocycles. The summed E-state index contributed by atoms with van der Waals surface area (Å²) in [5, 5.41) is 3.80. The number of thiazole rings is 1. The van der Waals surface area contributed by atoms with Gasteiger partial charge in [0.2, 0.25) is 0 Å². The number of carbonyl (C=O) groups excluding carboxylic acids is 3. The van der Waals surface area contributed by atoms with Crippen molar-refractivity contribution < 1.29 is 19.1 Å². The van der Waals surface area contributed by atoms with Crippen LogP contribution in [0.4, 0.5) is 4.79 Å². The van der Waals surface area contributed by atoms with Crippen molar-refractivity contribution in [3.8, 4) is 0 Å². The van der Waals surface area contributed by atoms with Crippen molar-refractivity contribution in [3.05, 3.63) is 16.6 Å². The Morgan fingerprint density at radius 2 is 2.00 bits per heavy atom. The fraction of sp³-hybridized carbons (Fsp3) is 0.455. The van der Waals surface area contributed by atoms with Crippen LogP contribution < -0.4 is 16.2 Å². The van der Waals surface area contributed by atoms with Crippen LogP contribution in [0.3, 0.4) is 0 Å². The van der Waals surface area contributed by atoms with E-state index in [1.165, 1.54) is 16.8 Å². The first kappa shape index (κ1) is 15.9. The molecular formula is C11H16N4O4S. The topological polar surface area (TPSA) is 109 Å². The summed E-state index contributed by atoms with van der Waals surface area (Å²) in [6.45, 7) is 4.81. The minimum absolute atomic E-state index is 0.204. The van der Waals surface area contributed by atoms with E-state index in [2.05, 4.69) is 21.2 Å². The molecule has 0 spiro atoms. The first-order valence-electron chi connectivity index (χ1n) is 5.72. The summed E-state index contributed by atoms with van der Waals surface area (Å²) < 4.78 is 4.95. The number of ether oxygens (including phenoxy) is 1. The van der Waals surface area contributed by atoms with E-state index >= 15 is 0 Å². The third kappa shape index (κ3) is 6.14. The van der Waals surface area contributed by atoms with Crippen molar-refractivity contribution in [3.63, 3.8) is 0 Å². The maximum atomic E-state index is 11.4. The summed E-state index contributed by atoms with van der Waals surface area (Å²) in [5.41, 5.74) is 5.38. The van der Waals surface area contributed by atoms with Gasteiger partial charge in [-0.25, -0.2) is 9.78 Å². The van der Waals surface area contributed by atoms with Crippen molar-refractivity contribution in [2.75, 3.05) is 6.54 Å². The third-order valence-electron chi connectivity index (χ3n) is 1.77. The Labute approximate surface area is 119 Å². The highest BCUT2D eigenvalue weighted by Crippen LogP contribution is 2.06. The van der Waals surface area contributed by atoms with Gasteiger partial charge in [0.05, 0.1) is 5.51 Å². The predicted octanol–water partition coefficient (Wildman–Crippen LogP) is 0.429. The molecule has 0 aliphatic heterocycles. The molecule has 1 rings (SSSR count). The molecule has 3 N–H and O–H groups in total. The fourth-order valence-corrected chi connectivity index (χ4v) is 1.56. The van der Waals surface area contributed by atoms with E-state index in [0.717, 1.165) is 0 Å². The quantitative estimate of drug-likeness (QED) is 0.701. The number of carbonyl (C=O) groups is 3. The number of nitrogens with zero attached hydrogens (tertiary/aromatic N) is 1. The lowest BCUT2D eigenvalue weighted by Gasteiger charge is -2.19. The van der Waals surface area contributed by atoms with Crippen LogP contribution in [0.1, 0.15) is 31.3 Å². The average Bonchev–Trinajstić information content (AvgIpc) is 2.85. The molecule has 0 aromatic carbocycles. The van der Waals surface area contributed by atoms with Gasteiger partial charge in [-0.3, -0.25) is 20.4 Å². The zero-order chi connectivity index (χ0) is 15.2. The second-order valence-corrected chi connectivity index (χ2v) is 5.45. The van der Waals surface area contributed by atoms with E-state index in [0.29, 0.717) is 0 Å². The van der Waals surface area contributed by atoms with Gasteiger partial charge >= 0.3 is 6.09 Å². The molecule has 0 saturated carbocycles. The molecule has 0 aliphatic rings. The maximum absolute atomic E-state index is 11.4. The number of hydrogen-bond donors (Lipinski definition) is 3. The molecule has 0 atom stereocenters. The zero-order valence-electron chi connectivity index (χ0n) is 11.4. The highest BCUT2D eigenvalue weighted by molar-refractivity contribution is 7.07. The van der Waals surface area contributed by atoms with Gasteiger partial charge < -0.3 is 10.1 Å². The van der Waals surface area contributed by atoms with Crippen molar-refractivity contribution >= 4 is 29.2 Å². The molecule has 0 aliphatic carbocycles. The summed E-state index contributed by atoms with van der Waals surface area (Å²) in [7, 11) is 0. The van der Waals surface area contributed by atoms with Crippen molar-refractivity contribution in [1.82, 2.24) is 21.2 Å². The van der Waals surface area contributed by atoms with Gasteiger partial charge in [0.15, 0.2) is 0 Å². The summed E-state index contributed by atoms with van der Waals surface area (Å²) in [6, 6.07) is 0. The Morgan fingerprint density at radius 1 is 1.30 bits per heavy atom. The molecule has 0 bridgehead atoms. The Bertz CT molecular complexity index is 481. The molecule has 1 aromatic heterocycles. The number of aromatic nitrogens is 1. The van der Waals surface area contributed by atoms with Gasteiger partial charge in [0.1, 0.15) is 17.8 Å². The lowest BCUT2D eigenvalue weighted by molar-refractivity contribution is -0.121. The van der Waals surface area contributed by atoms with E-state index in [1.54, 1.807) is 26.2 Å². The smallest absolute Gasteiger partial charge is 0.408 e. The van der Waals surface area contributed by atoms with Crippen LogP contribution in [0, 0.1) is 0 Å². The standard InChI is InChI=1S/C11H16N4O4S/c1-11(2,3)19-10(18)12-4-8(16)14-15-9(17)7-5-20-6-13-7/h5-6H,4H2,1-3H3,(H,12,18)(H,14,16)(H,15,17). The Kier molecular flexibility index (Phi) is 5.44. The first-order valence-corrected chi connectivity index (χ1v) is 6.66. The third-order valence-corrected chi connectivity index (χ3v) is 2.36. The van der Waals surface area contributed by atoms with Crippen LogP contribution in [-0.2, 0) is 9.53 Å². The molecule has 8 nitrogen and oxygen atoms in total. The lowest BCUT2D eigenvalue weighted by Crippen LogP contribution is -2.47. The zero-order valence-corrected chi connectivity index (χ0v) is 12.2. The minimum atomic E-state index is -0.710. The van der Waals surface area contributed by atoms with Gasteiger partial charge in [0, 0.05) is 5.38 Å².